The van der Waals surface area contributed by atoms with E-state index >= 15 is 0 Å². The van der Waals surface area contributed by atoms with Crippen LogP contribution in [-0.2, 0) is 23.1 Å². The standard InChI is InChI=1S/C26H25N3O4S/c1-3-29-15-14-22-16-23(10-13-25(22)29)28-26(31)21-6-4-19(5-7-21)17-27-34(32,33)24-11-8-20(9-12-24)18(2)30/h4-16,27H,3,17H2,1-2H3,(H,28,31). The van der Waals surface area contributed by atoms with Crippen LogP contribution in [0.5, 0.6) is 0 Å². The first-order valence-corrected chi connectivity index (χ1v) is 12.3. The van der Waals surface area contributed by atoms with Gasteiger partial charge in [0.25, 0.3) is 5.91 Å². The summed E-state index contributed by atoms with van der Waals surface area (Å²) in [5.41, 5.74) is 3.45. The Hall–Kier alpha value is -3.75. The zero-order valence-electron chi connectivity index (χ0n) is 18.9. The van der Waals surface area contributed by atoms with Crippen LogP contribution in [-0.4, -0.2) is 24.7 Å². The van der Waals surface area contributed by atoms with Crippen LogP contribution in [0.1, 0.15) is 40.1 Å². The second-order valence-corrected chi connectivity index (χ2v) is 9.70. The van der Waals surface area contributed by atoms with E-state index in [4.69, 9.17) is 0 Å². The first kappa shape index (κ1) is 23.4. The highest BCUT2D eigenvalue weighted by molar-refractivity contribution is 7.89. The minimum atomic E-state index is -3.73. The number of ketones is 1. The third kappa shape index (κ3) is 5.08. The molecule has 0 aliphatic rings. The molecular formula is C26H25N3O4S. The van der Waals surface area contributed by atoms with Crippen molar-refractivity contribution in [3.05, 3.63) is 95.7 Å². The molecule has 174 valence electrons. The van der Waals surface area contributed by atoms with Crippen molar-refractivity contribution in [1.82, 2.24) is 9.29 Å². The van der Waals surface area contributed by atoms with Gasteiger partial charge in [-0.1, -0.05) is 24.3 Å². The van der Waals surface area contributed by atoms with Gasteiger partial charge in [0.05, 0.1) is 4.90 Å². The molecule has 34 heavy (non-hydrogen) atoms. The summed E-state index contributed by atoms with van der Waals surface area (Å²) in [6.45, 7) is 4.46. The van der Waals surface area contributed by atoms with Crippen LogP contribution in [0.25, 0.3) is 10.9 Å². The highest BCUT2D eigenvalue weighted by Crippen LogP contribution is 2.21. The summed E-state index contributed by atoms with van der Waals surface area (Å²) in [5, 5.41) is 3.96. The molecule has 0 saturated heterocycles. The van der Waals surface area contributed by atoms with Gasteiger partial charge < -0.3 is 9.88 Å². The molecule has 4 rings (SSSR count). The van der Waals surface area contributed by atoms with Crippen LogP contribution in [0.2, 0.25) is 0 Å². The lowest BCUT2D eigenvalue weighted by Gasteiger charge is -2.09. The summed E-state index contributed by atoms with van der Waals surface area (Å²) in [6, 6.07) is 20.3. The highest BCUT2D eigenvalue weighted by atomic mass is 32.2. The first-order valence-electron chi connectivity index (χ1n) is 10.9. The second-order valence-electron chi connectivity index (χ2n) is 7.93. The van der Waals surface area contributed by atoms with E-state index in [9.17, 15) is 18.0 Å². The summed E-state index contributed by atoms with van der Waals surface area (Å²) < 4.78 is 29.7. The van der Waals surface area contributed by atoms with Crippen LogP contribution < -0.4 is 10.0 Å². The molecule has 7 nitrogen and oxygen atoms in total. The number of hydrogen-bond acceptors (Lipinski definition) is 4. The zero-order chi connectivity index (χ0) is 24.3. The Morgan fingerprint density at radius 1 is 0.882 bits per heavy atom. The normalized spacial score (nSPS) is 11.5. The third-order valence-electron chi connectivity index (χ3n) is 5.62. The lowest BCUT2D eigenvalue weighted by atomic mass is 10.1. The number of carbonyl (C=O) groups excluding carboxylic acids is 2. The van der Waals surface area contributed by atoms with Crippen molar-refractivity contribution in [2.45, 2.75) is 31.8 Å². The maximum atomic E-state index is 12.6. The molecule has 0 atom stereocenters. The number of aryl methyl sites for hydroxylation is 1. The van der Waals surface area contributed by atoms with Crippen LogP contribution in [0.4, 0.5) is 5.69 Å². The van der Waals surface area contributed by atoms with Gasteiger partial charge >= 0.3 is 0 Å². The number of sulfonamides is 1. The van der Waals surface area contributed by atoms with Gasteiger partial charge in [0, 0.05) is 47.0 Å². The zero-order valence-corrected chi connectivity index (χ0v) is 19.7. The SMILES string of the molecule is CCn1ccc2cc(NC(=O)c3ccc(CNS(=O)(=O)c4ccc(C(C)=O)cc4)cc3)ccc21. The number of nitrogens with zero attached hydrogens (tertiary/aromatic N) is 1. The topological polar surface area (TPSA) is 97.3 Å². The fraction of sp³-hybridized carbons (Fsp3) is 0.154. The number of aromatic nitrogens is 1. The number of amides is 1. The number of carbonyl (C=O) groups is 2. The molecule has 1 aromatic heterocycles. The average molecular weight is 476 g/mol. The fourth-order valence-electron chi connectivity index (χ4n) is 3.66. The fourth-order valence-corrected chi connectivity index (χ4v) is 4.68. The molecule has 1 heterocycles. The van der Waals surface area contributed by atoms with Gasteiger partial charge in [-0.2, -0.15) is 0 Å². The number of anilines is 1. The van der Waals surface area contributed by atoms with Gasteiger partial charge in [-0.25, -0.2) is 13.1 Å². The molecule has 0 aliphatic heterocycles. The molecule has 0 bridgehead atoms. The van der Waals surface area contributed by atoms with Crippen molar-refractivity contribution in [3.63, 3.8) is 0 Å². The predicted octanol–water partition coefficient (Wildman–Crippen LogP) is 4.59. The summed E-state index contributed by atoms with van der Waals surface area (Å²) in [6.07, 6.45) is 2.02. The van der Waals surface area contributed by atoms with Crippen LogP contribution in [0.3, 0.4) is 0 Å². The van der Waals surface area contributed by atoms with Crippen molar-refractivity contribution in [2.24, 2.45) is 0 Å². The Labute approximate surface area is 198 Å². The molecular weight excluding hydrogens is 450 g/mol. The number of benzene rings is 3. The molecule has 8 heteroatoms. The lowest BCUT2D eigenvalue weighted by molar-refractivity contribution is 0.101. The summed E-state index contributed by atoms with van der Waals surface area (Å²) in [4.78, 5) is 24.1. The molecule has 0 aliphatic carbocycles. The molecule has 0 saturated carbocycles. The predicted molar refractivity (Wildman–Crippen MR) is 132 cm³/mol. The van der Waals surface area contributed by atoms with E-state index in [0.717, 1.165) is 17.4 Å². The van der Waals surface area contributed by atoms with Gasteiger partial charge in [-0.05, 0) is 67.9 Å². The molecule has 0 fully saturated rings. The Balaban J connectivity index is 1.38. The van der Waals surface area contributed by atoms with Gasteiger partial charge in [0.15, 0.2) is 5.78 Å². The number of fused-ring (bicyclic) bond motifs is 1. The smallest absolute Gasteiger partial charge is 0.255 e. The van der Waals surface area contributed by atoms with E-state index in [2.05, 4.69) is 21.5 Å². The minimum Gasteiger partial charge on any atom is -0.348 e. The Bertz CT molecular complexity index is 1450. The molecule has 4 aromatic rings. The monoisotopic (exact) mass is 475 g/mol. The Morgan fingerprint density at radius 2 is 1.56 bits per heavy atom. The van der Waals surface area contributed by atoms with Crippen molar-refractivity contribution in [3.8, 4) is 0 Å². The van der Waals surface area contributed by atoms with E-state index in [0.29, 0.717) is 22.4 Å². The third-order valence-corrected chi connectivity index (χ3v) is 7.04. The summed E-state index contributed by atoms with van der Waals surface area (Å²) in [7, 11) is -3.73. The van der Waals surface area contributed by atoms with E-state index in [1.807, 2.05) is 30.5 Å². The molecule has 0 radical (unpaired) electrons. The number of nitrogens with one attached hydrogen (secondary N) is 2. The van der Waals surface area contributed by atoms with E-state index < -0.39 is 10.0 Å². The van der Waals surface area contributed by atoms with Crippen LogP contribution in [0, 0.1) is 0 Å². The maximum Gasteiger partial charge on any atom is 0.255 e. The van der Waals surface area contributed by atoms with Gasteiger partial charge in [-0.3, -0.25) is 9.59 Å². The Kier molecular flexibility index (Phi) is 6.63. The largest absolute Gasteiger partial charge is 0.348 e. The van der Waals surface area contributed by atoms with E-state index in [-0.39, 0.29) is 23.1 Å². The lowest BCUT2D eigenvalue weighted by Crippen LogP contribution is -2.23. The van der Waals surface area contributed by atoms with Gasteiger partial charge in [0.2, 0.25) is 10.0 Å². The number of rotatable bonds is 8. The van der Waals surface area contributed by atoms with Crippen LogP contribution >= 0.6 is 0 Å². The van der Waals surface area contributed by atoms with Crippen molar-refractivity contribution in [2.75, 3.05) is 5.32 Å². The number of hydrogen-bond donors (Lipinski definition) is 2. The maximum absolute atomic E-state index is 12.6. The molecule has 0 unspecified atom stereocenters. The van der Waals surface area contributed by atoms with Crippen LogP contribution in [0.15, 0.2) is 83.9 Å². The van der Waals surface area contributed by atoms with E-state index in [1.165, 1.54) is 31.2 Å². The van der Waals surface area contributed by atoms with Crippen molar-refractivity contribution < 1.29 is 18.0 Å². The second kappa shape index (κ2) is 9.62. The molecule has 2 N–H and O–H groups in total. The Morgan fingerprint density at radius 3 is 2.21 bits per heavy atom. The number of Topliss-reactive ketones (excluding diaryl/α,β-unsaturated/α-hetero) is 1. The summed E-state index contributed by atoms with van der Waals surface area (Å²) >= 11 is 0. The minimum absolute atomic E-state index is 0.0732. The van der Waals surface area contributed by atoms with Gasteiger partial charge in [-0.15, -0.1) is 0 Å². The van der Waals surface area contributed by atoms with Gasteiger partial charge in [0.1, 0.15) is 0 Å². The first-order chi connectivity index (χ1) is 16.3. The van der Waals surface area contributed by atoms with E-state index in [1.54, 1.807) is 24.3 Å². The summed E-state index contributed by atoms with van der Waals surface area (Å²) in [5.74, 6) is -0.371. The quantitative estimate of drug-likeness (QED) is 0.364. The molecule has 0 spiro atoms. The molecule has 3 aromatic carbocycles. The molecule has 1 amide bonds. The highest BCUT2D eigenvalue weighted by Gasteiger charge is 2.14. The van der Waals surface area contributed by atoms with Crippen molar-refractivity contribution >= 4 is 38.3 Å². The average Bonchev–Trinajstić information content (AvgIpc) is 3.25. The van der Waals surface area contributed by atoms with Crippen molar-refractivity contribution in [1.29, 1.82) is 0 Å².